The summed E-state index contributed by atoms with van der Waals surface area (Å²) in [6, 6.07) is 8.47. The summed E-state index contributed by atoms with van der Waals surface area (Å²) in [7, 11) is 1.83. The second kappa shape index (κ2) is 6.20. The van der Waals surface area contributed by atoms with Crippen LogP contribution in [-0.2, 0) is 16.8 Å². The summed E-state index contributed by atoms with van der Waals surface area (Å²) in [4.78, 5) is 13.7. The summed E-state index contributed by atoms with van der Waals surface area (Å²) < 4.78 is 0. The monoisotopic (exact) mass is 262 g/mol. The van der Waals surface area contributed by atoms with Crippen molar-refractivity contribution in [3.05, 3.63) is 35.4 Å². The average molecular weight is 262 g/mol. The number of benzene rings is 1. The molecule has 1 unspecified atom stereocenters. The molecule has 0 aliphatic rings. The quantitative estimate of drug-likeness (QED) is 0.906. The van der Waals surface area contributed by atoms with Crippen molar-refractivity contribution in [3.63, 3.8) is 0 Å². The summed E-state index contributed by atoms with van der Waals surface area (Å²) in [5, 5.41) is 0. The van der Waals surface area contributed by atoms with Gasteiger partial charge in [-0.1, -0.05) is 52.0 Å². The van der Waals surface area contributed by atoms with E-state index in [-0.39, 0.29) is 17.2 Å². The summed E-state index contributed by atoms with van der Waals surface area (Å²) >= 11 is 0. The highest BCUT2D eigenvalue weighted by Crippen LogP contribution is 2.22. The first-order chi connectivity index (χ1) is 8.75. The Bertz CT molecular complexity index is 417. The fourth-order valence-corrected chi connectivity index (χ4v) is 1.94. The van der Waals surface area contributed by atoms with Crippen LogP contribution in [-0.4, -0.2) is 24.4 Å². The normalized spacial score (nSPS) is 13.2. The minimum atomic E-state index is -0.112. The van der Waals surface area contributed by atoms with Crippen molar-refractivity contribution in [2.75, 3.05) is 13.6 Å². The zero-order chi connectivity index (χ0) is 14.6. The average Bonchev–Trinajstić information content (AvgIpc) is 2.36. The molecule has 0 aromatic heterocycles. The van der Waals surface area contributed by atoms with Crippen LogP contribution >= 0.6 is 0 Å². The van der Waals surface area contributed by atoms with Gasteiger partial charge in [-0.15, -0.1) is 0 Å². The summed E-state index contributed by atoms with van der Waals surface area (Å²) in [5.74, 6) is -0.0127. The Labute approximate surface area is 116 Å². The predicted molar refractivity (Wildman–Crippen MR) is 79.8 cm³/mol. The Morgan fingerprint density at radius 2 is 1.79 bits per heavy atom. The zero-order valence-electron chi connectivity index (χ0n) is 12.7. The SMILES string of the molecule is CC(CN)C(=O)N(C)Cc1ccc(C(C)(C)C)cc1. The van der Waals surface area contributed by atoms with Crippen molar-refractivity contribution in [1.82, 2.24) is 4.90 Å². The van der Waals surface area contributed by atoms with E-state index < -0.39 is 0 Å². The molecule has 1 amide bonds. The molecule has 0 saturated heterocycles. The van der Waals surface area contributed by atoms with Crippen LogP contribution in [0.1, 0.15) is 38.8 Å². The minimum Gasteiger partial charge on any atom is -0.341 e. The van der Waals surface area contributed by atoms with Crippen LogP contribution in [0.25, 0.3) is 0 Å². The van der Waals surface area contributed by atoms with Gasteiger partial charge in [-0.3, -0.25) is 4.79 Å². The maximum Gasteiger partial charge on any atom is 0.226 e. The van der Waals surface area contributed by atoms with Gasteiger partial charge in [-0.25, -0.2) is 0 Å². The highest BCUT2D eigenvalue weighted by Gasteiger charge is 2.17. The van der Waals surface area contributed by atoms with Crippen LogP contribution in [0.15, 0.2) is 24.3 Å². The van der Waals surface area contributed by atoms with Gasteiger partial charge in [-0.05, 0) is 16.5 Å². The molecule has 1 atom stereocenters. The van der Waals surface area contributed by atoms with Crippen LogP contribution in [0, 0.1) is 5.92 Å². The molecule has 0 saturated carbocycles. The third-order valence-corrected chi connectivity index (χ3v) is 3.39. The molecular weight excluding hydrogens is 236 g/mol. The Kier molecular flexibility index (Phi) is 5.12. The van der Waals surface area contributed by atoms with E-state index in [1.807, 2.05) is 14.0 Å². The molecule has 0 heterocycles. The molecule has 1 aromatic rings. The highest BCUT2D eigenvalue weighted by atomic mass is 16.2. The molecule has 1 aromatic carbocycles. The minimum absolute atomic E-state index is 0.0994. The molecule has 3 nitrogen and oxygen atoms in total. The van der Waals surface area contributed by atoms with Gasteiger partial charge in [0.25, 0.3) is 0 Å². The Hall–Kier alpha value is -1.35. The molecule has 19 heavy (non-hydrogen) atoms. The van der Waals surface area contributed by atoms with Crippen LogP contribution in [0.2, 0.25) is 0 Å². The summed E-state index contributed by atoms with van der Waals surface area (Å²) in [5.41, 5.74) is 8.14. The Balaban J connectivity index is 2.71. The second-order valence-electron chi connectivity index (χ2n) is 6.28. The van der Waals surface area contributed by atoms with Gasteiger partial charge >= 0.3 is 0 Å². The molecular formula is C16H26N2O. The molecule has 3 heteroatoms. The van der Waals surface area contributed by atoms with Crippen molar-refractivity contribution in [2.45, 2.75) is 39.7 Å². The van der Waals surface area contributed by atoms with Crippen molar-refractivity contribution in [3.8, 4) is 0 Å². The predicted octanol–water partition coefficient (Wildman–Crippen LogP) is 2.54. The second-order valence-corrected chi connectivity index (χ2v) is 6.28. The number of hydrogen-bond donors (Lipinski definition) is 1. The number of carbonyl (C=O) groups is 1. The first kappa shape index (κ1) is 15.7. The maximum atomic E-state index is 12.0. The number of hydrogen-bond acceptors (Lipinski definition) is 2. The fourth-order valence-electron chi connectivity index (χ4n) is 1.94. The van der Waals surface area contributed by atoms with Gasteiger partial charge < -0.3 is 10.6 Å². The number of carbonyl (C=O) groups excluding carboxylic acids is 1. The van der Waals surface area contributed by atoms with Gasteiger partial charge in [0.1, 0.15) is 0 Å². The van der Waals surface area contributed by atoms with Crippen molar-refractivity contribution < 1.29 is 4.79 Å². The molecule has 0 radical (unpaired) electrons. The van der Waals surface area contributed by atoms with Crippen LogP contribution in [0.3, 0.4) is 0 Å². The number of rotatable bonds is 4. The summed E-state index contributed by atoms with van der Waals surface area (Å²) in [6.07, 6.45) is 0. The number of nitrogens with two attached hydrogens (primary N) is 1. The van der Waals surface area contributed by atoms with Crippen molar-refractivity contribution >= 4 is 5.91 Å². The van der Waals surface area contributed by atoms with Gasteiger partial charge in [0.05, 0.1) is 0 Å². The van der Waals surface area contributed by atoms with Crippen LogP contribution in [0.5, 0.6) is 0 Å². The smallest absolute Gasteiger partial charge is 0.226 e. The molecule has 0 fully saturated rings. The van der Waals surface area contributed by atoms with Crippen LogP contribution in [0.4, 0.5) is 0 Å². The van der Waals surface area contributed by atoms with E-state index in [9.17, 15) is 4.79 Å². The number of amides is 1. The molecule has 0 spiro atoms. The fraction of sp³-hybridized carbons (Fsp3) is 0.562. The molecule has 106 valence electrons. The lowest BCUT2D eigenvalue weighted by molar-refractivity contribution is -0.133. The lowest BCUT2D eigenvalue weighted by Crippen LogP contribution is -2.34. The van der Waals surface area contributed by atoms with Gasteiger partial charge in [0, 0.05) is 26.1 Å². The first-order valence-electron chi connectivity index (χ1n) is 6.80. The topological polar surface area (TPSA) is 46.3 Å². The maximum absolute atomic E-state index is 12.0. The molecule has 0 bridgehead atoms. The van der Waals surface area contributed by atoms with Crippen LogP contribution < -0.4 is 5.73 Å². The molecule has 0 aliphatic heterocycles. The largest absolute Gasteiger partial charge is 0.341 e. The van der Waals surface area contributed by atoms with Crippen molar-refractivity contribution in [1.29, 1.82) is 0 Å². The van der Waals surface area contributed by atoms with E-state index in [2.05, 4.69) is 45.0 Å². The zero-order valence-corrected chi connectivity index (χ0v) is 12.7. The lowest BCUT2D eigenvalue weighted by atomic mass is 9.87. The van der Waals surface area contributed by atoms with E-state index in [1.54, 1.807) is 4.90 Å². The molecule has 0 aliphatic carbocycles. The van der Waals surface area contributed by atoms with Gasteiger partial charge in [-0.2, -0.15) is 0 Å². The standard InChI is InChI=1S/C16H26N2O/c1-12(10-17)15(19)18(5)11-13-6-8-14(9-7-13)16(2,3)4/h6-9,12H,10-11,17H2,1-5H3. The van der Waals surface area contributed by atoms with E-state index >= 15 is 0 Å². The highest BCUT2D eigenvalue weighted by molar-refractivity contribution is 5.78. The van der Waals surface area contributed by atoms with Gasteiger partial charge in [0.2, 0.25) is 5.91 Å². The summed E-state index contributed by atoms with van der Waals surface area (Å²) in [6.45, 7) is 9.48. The number of nitrogens with zero attached hydrogens (tertiary/aromatic N) is 1. The van der Waals surface area contributed by atoms with Gasteiger partial charge in [0.15, 0.2) is 0 Å². The van der Waals surface area contributed by atoms with E-state index in [0.29, 0.717) is 13.1 Å². The lowest BCUT2D eigenvalue weighted by Gasteiger charge is -2.22. The third kappa shape index (κ3) is 4.35. The third-order valence-electron chi connectivity index (χ3n) is 3.39. The molecule has 2 N–H and O–H groups in total. The van der Waals surface area contributed by atoms with E-state index in [4.69, 9.17) is 5.73 Å². The van der Waals surface area contributed by atoms with E-state index in [1.165, 1.54) is 5.56 Å². The first-order valence-corrected chi connectivity index (χ1v) is 6.80. The Morgan fingerprint density at radius 1 is 1.26 bits per heavy atom. The molecule has 1 rings (SSSR count). The van der Waals surface area contributed by atoms with Crippen molar-refractivity contribution in [2.24, 2.45) is 11.7 Å². The Morgan fingerprint density at radius 3 is 2.21 bits per heavy atom. The van der Waals surface area contributed by atoms with E-state index in [0.717, 1.165) is 5.56 Å².